The molecule has 1 aromatic rings. The number of hydrogen-bond acceptors (Lipinski definition) is 2. The highest BCUT2D eigenvalue weighted by Gasteiger charge is 2.20. The van der Waals surface area contributed by atoms with Crippen LogP contribution in [0.25, 0.3) is 0 Å². The quantitative estimate of drug-likeness (QED) is 0.843. The van der Waals surface area contributed by atoms with Gasteiger partial charge in [0.2, 0.25) is 0 Å². The Morgan fingerprint density at radius 3 is 2.88 bits per heavy atom. The van der Waals surface area contributed by atoms with E-state index in [0.29, 0.717) is 12.1 Å². The van der Waals surface area contributed by atoms with Gasteiger partial charge in [-0.1, -0.05) is 24.3 Å². The summed E-state index contributed by atoms with van der Waals surface area (Å²) in [5, 5.41) is 3.55. The van der Waals surface area contributed by atoms with Gasteiger partial charge in [-0.25, -0.2) is 0 Å². The summed E-state index contributed by atoms with van der Waals surface area (Å²) in [6.07, 6.45) is 1.25. The fourth-order valence-corrected chi connectivity index (χ4v) is 2.74. The van der Waals surface area contributed by atoms with Gasteiger partial charge in [0.25, 0.3) is 0 Å². The summed E-state index contributed by atoms with van der Waals surface area (Å²) in [5.74, 6) is 0. The number of rotatable bonds is 2. The monoisotopic (exact) mass is 232 g/mol. The lowest BCUT2D eigenvalue weighted by Crippen LogP contribution is -2.36. The average Bonchev–Trinajstić information content (AvgIpc) is 2.54. The van der Waals surface area contributed by atoms with Gasteiger partial charge in [0.05, 0.1) is 0 Å². The Labute approximate surface area is 105 Å². The zero-order valence-corrected chi connectivity index (χ0v) is 11.2. The number of benzene rings is 1. The van der Waals surface area contributed by atoms with Gasteiger partial charge in [-0.3, -0.25) is 4.90 Å². The van der Waals surface area contributed by atoms with E-state index in [9.17, 15) is 0 Å². The van der Waals surface area contributed by atoms with Crippen molar-refractivity contribution in [3.63, 3.8) is 0 Å². The molecule has 1 N–H and O–H groups in total. The minimum Gasteiger partial charge on any atom is -0.313 e. The van der Waals surface area contributed by atoms with E-state index < -0.39 is 0 Å². The van der Waals surface area contributed by atoms with Crippen LogP contribution in [0.1, 0.15) is 37.4 Å². The molecule has 0 aliphatic carbocycles. The molecule has 2 unspecified atom stereocenters. The smallest absolute Gasteiger partial charge is 0.0323 e. The molecule has 1 fully saturated rings. The maximum Gasteiger partial charge on any atom is 0.0323 e. The van der Waals surface area contributed by atoms with Crippen LogP contribution in [-0.4, -0.2) is 30.6 Å². The van der Waals surface area contributed by atoms with Crippen molar-refractivity contribution in [1.82, 2.24) is 10.2 Å². The van der Waals surface area contributed by atoms with Crippen LogP contribution in [-0.2, 0) is 0 Å². The second kappa shape index (κ2) is 5.65. The highest BCUT2D eigenvalue weighted by Crippen LogP contribution is 2.24. The summed E-state index contributed by atoms with van der Waals surface area (Å²) in [6, 6.07) is 9.88. The minimum absolute atomic E-state index is 0.526. The van der Waals surface area contributed by atoms with Gasteiger partial charge < -0.3 is 5.32 Å². The molecular formula is C15H24N2. The van der Waals surface area contributed by atoms with Crippen molar-refractivity contribution in [2.75, 3.05) is 19.6 Å². The lowest BCUT2D eigenvalue weighted by Gasteiger charge is -2.30. The third-order valence-electron chi connectivity index (χ3n) is 3.81. The molecule has 0 radical (unpaired) electrons. The van der Waals surface area contributed by atoms with E-state index in [-0.39, 0.29) is 0 Å². The van der Waals surface area contributed by atoms with Crippen LogP contribution in [0, 0.1) is 6.92 Å². The van der Waals surface area contributed by atoms with Gasteiger partial charge in [-0.2, -0.15) is 0 Å². The topological polar surface area (TPSA) is 15.3 Å². The Morgan fingerprint density at radius 2 is 2.12 bits per heavy atom. The van der Waals surface area contributed by atoms with Gasteiger partial charge in [0.1, 0.15) is 0 Å². The van der Waals surface area contributed by atoms with E-state index in [0.717, 1.165) is 13.1 Å². The van der Waals surface area contributed by atoms with Crippen LogP contribution in [0.3, 0.4) is 0 Å². The number of aryl methyl sites for hydroxylation is 1. The fraction of sp³-hybridized carbons (Fsp3) is 0.600. The zero-order valence-electron chi connectivity index (χ0n) is 11.2. The first-order valence-corrected chi connectivity index (χ1v) is 6.71. The molecule has 1 aliphatic rings. The number of nitrogens with zero attached hydrogens (tertiary/aromatic N) is 1. The Balaban J connectivity index is 2.13. The number of nitrogens with one attached hydrogen (secondary N) is 1. The van der Waals surface area contributed by atoms with Crippen molar-refractivity contribution in [1.29, 1.82) is 0 Å². The van der Waals surface area contributed by atoms with E-state index >= 15 is 0 Å². The molecule has 0 amide bonds. The molecule has 0 spiro atoms. The van der Waals surface area contributed by atoms with Crippen LogP contribution >= 0.6 is 0 Å². The fourth-order valence-electron chi connectivity index (χ4n) is 2.74. The molecule has 2 rings (SSSR count). The third kappa shape index (κ3) is 3.08. The molecule has 0 saturated carbocycles. The first kappa shape index (κ1) is 12.6. The van der Waals surface area contributed by atoms with Crippen LogP contribution in [0.5, 0.6) is 0 Å². The molecule has 2 atom stereocenters. The van der Waals surface area contributed by atoms with Crippen molar-refractivity contribution in [3.8, 4) is 0 Å². The molecule has 2 nitrogen and oxygen atoms in total. The molecule has 2 heteroatoms. The van der Waals surface area contributed by atoms with Gasteiger partial charge in [0, 0.05) is 25.2 Å². The normalized spacial score (nSPS) is 24.3. The lowest BCUT2D eigenvalue weighted by atomic mass is 10.0. The molecule has 94 valence electrons. The Morgan fingerprint density at radius 1 is 1.35 bits per heavy atom. The van der Waals surface area contributed by atoms with Crippen molar-refractivity contribution >= 4 is 0 Å². The van der Waals surface area contributed by atoms with Crippen molar-refractivity contribution < 1.29 is 0 Å². The molecule has 17 heavy (non-hydrogen) atoms. The highest BCUT2D eigenvalue weighted by molar-refractivity contribution is 5.28. The predicted octanol–water partition coefficient (Wildman–Crippen LogP) is 2.74. The predicted molar refractivity (Wildman–Crippen MR) is 73.2 cm³/mol. The highest BCUT2D eigenvalue weighted by atomic mass is 15.2. The summed E-state index contributed by atoms with van der Waals surface area (Å²) in [7, 11) is 0. The zero-order chi connectivity index (χ0) is 12.3. The SMILES string of the molecule is Cc1ccccc1C(C)N1CCCNC(C)C1. The summed E-state index contributed by atoms with van der Waals surface area (Å²) in [5.41, 5.74) is 2.88. The second-order valence-corrected chi connectivity index (χ2v) is 5.24. The Kier molecular flexibility index (Phi) is 4.19. The van der Waals surface area contributed by atoms with Crippen molar-refractivity contribution in [2.45, 2.75) is 39.3 Å². The minimum atomic E-state index is 0.526. The van der Waals surface area contributed by atoms with Crippen LogP contribution in [0.4, 0.5) is 0 Å². The van der Waals surface area contributed by atoms with Crippen LogP contribution in [0.2, 0.25) is 0 Å². The second-order valence-electron chi connectivity index (χ2n) is 5.24. The van der Waals surface area contributed by atoms with Gasteiger partial charge in [-0.05, 0) is 44.9 Å². The summed E-state index contributed by atoms with van der Waals surface area (Å²) in [4.78, 5) is 2.60. The standard InChI is InChI=1S/C15H24N2/c1-12-7-4-5-8-15(12)14(3)17-10-6-9-16-13(2)11-17/h4-5,7-8,13-14,16H,6,9-11H2,1-3H3. The molecule has 1 saturated heterocycles. The van der Waals surface area contributed by atoms with Crippen molar-refractivity contribution in [3.05, 3.63) is 35.4 Å². The number of hydrogen-bond donors (Lipinski definition) is 1. The largest absolute Gasteiger partial charge is 0.313 e. The Hall–Kier alpha value is -0.860. The Bertz CT molecular complexity index is 362. The molecule has 0 aromatic heterocycles. The maximum atomic E-state index is 3.55. The molecule has 1 heterocycles. The molecule has 1 aliphatic heterocycles. The first-order valence-electron chi connectivity index (χ1n) is 6.71. The van der Waals surface area contributed by atoms with E-state index in [2.05, 4.69) is 55.3 Å². The van der Waals surface area contributed by atoms with Gasteiger partial charge in [-0.15, -0.1) is 0 Å². The maximum absolute atomic E-state index is 3.55. The molecule has 0 bridgehead atoms. The summed E-state index contributed by atoms with van der Waals surface area (Å²) < 4.78 is 0. The van der Waals surface area contributed by atoms with Crippen LogP contribution in [0.15, 0.2) is 24.3 Å². The molecule has 1 aromatic carbocycles. The van der Waals surface area contributed by atoms with E-state index in [4.69, 9.17) is 0 Å². The first-order chi connectivity index (χ1) is 8.18. The summed E-state index contributed by atoms with van der Waals surface area (Å²) >= 11 is 0. The lowest BCUT2D eigenvalue weighted by molar-refractivity contribution is 0.210. The summed E-state index contributed by atoms with van der Waals surface area (Å²) in [6.45, 7) is 10.3. The average molecular weight is 232 g/mol. The van der Waals surface area contributed by atoms with Crippen molar-refractivity contribution in [2.24, 2.45) is 0 Å². The van der Waals surface area contributed by atoms with Gasteiger partial charge >= 0.3 is 0 Å². The van der Waals surface area contributed by atoms with E-state index in [1.807, 2.05) is 0 Å². The van der Waals surface area contributed by atoms with Gasteiger partial charge in [0.15, 0.2) is 0 Å². The third-order valence-corrected chi connectivity index (χ3v) is 3.81. The van der Waals surface area contributed by atoms with E-state index in [1.54, 1.807) is 0 Å². The van der Waals surface area contributed by atoms with Crippen LogP contribution < -0.4 is 5.32 Å². The van der Waals surface area contributed by atoms with E-state index in [1.165, 1.54) is 24.1 Å². The molecular weight excluding hydrogens is 208 g/mol.